The van der Waals surface area contributed by atoms with Gasteiger partial charge in [-0.3, -0.25) is 0 Å². The predicted molar refractivity (Wildman–Crippen MR) is 73.4 cm³/mol. The summed E-state index contributed by atoms with van der Waals surface area (Å²) >= 11 is 0. The first kappa shape index (κ1) is 14.0. The summed E-state index contributed by atoms with van der Waals surface area (Å²) in [4.78, 5) is 21.0. The Morgan fingerprint density at radius 3 is 1.45 bits per heavy atom. The molecule has 0 aromatic heterocycles. The molecule has 0 bridgehead atoms. The Morgan fingerprint density at radius 1 is 0.800 bits per heavy atom. The molecule has 0 aliphatic carbocycles. The van der Waals surface area contributed by atoms with Crippen molar-refractivity contribution in [2.45, 2.75) is 64.4 Å². The molecule has 1 aromatic rings. The molecule has 2 fully saturated rings. The van der Waals surface area contributed by atoms with Gasteiger partial charge in [0.2, 0.25) is 0 Å². The summed E-state index contributed by atoms with van der Waals surface area (Å²) in [7, 11) is 0. The van der Waals surface area contributed by atoms with Gasteiger partial charge in [0.25, 0.3) is 11.6 Å². The van der Waals surface area contributed by atoms with E-state index in [1.54, 1.807) is 0 Å². The van der Waals surface area contributed by atoms with Gasteiger partial charge in [-0.1, -0.05) is 34.6 Å². The molecule has 2 aliphatic heterocycles. The molecule has 0 amide bonds. The summed E-state index contributed by atoms with van der Waals surface area (Å²) in [6, 6.07) is 6.39. The van der Waals surface area contributed by atoms with Crippen molar-refractivity contribution >= 4 is 0 Å². The van der Waals surface area contributed by atoms with E-state index in [2.05, 4.69) is 52.8 Å². The van der Waals surface area contributed by atoms with E-state index in [0.29, 0.717) is 0 Å². The summed E-state index contributed by atoms with van der Waals surface area (Å²) in [5.41, 5.74) is 3.34. The SMILES string of the molecule is CCC1(c2cc(C(C)(C)C)cc(C3(CC)OO3)c2)OO1. The molecule has 2 saturated heterocycles. The highest BCUT2D eigenvalue weighted by atomic mass is 17.4. The fourth-order valence-corrected chi connectivity index (χ4v) is 2.44. The Labute approximate surface area is 119 Å². The van der Waals surface area contributed by atoms with Gasteiger partial charge >= 0.3 is 0 Å². The number of hydrogen-bond acceptors (Lipinski definition) is 4. The zero-order valence-corrected chi connectivity index (χ0v) is 12.8. The van der Waals surface area contributed by atoms with Gasteiger partial charge in [-0.05, 0) is 29.2 Å². The molecule has 0 N–H and O–H groups in total. The molecule has 4 heteroatoms. The lowest BCUT2D eigenvalue weighted by Crippen LogP contribution is -2.17. The fourth-order valence-electron chi connectivity index (χ4n) is 2.44. The second kappa shape index (κ2) is 4.28. The second-order valence-corrected chi connectivity index (χ2v) is 6.60. The van der Waals surface area contributed by atoms with E-state index in [1.165, 1.54) is 5.56 Å². The van der Waals surface area contributed by atoms with Crippen molar-refractivity contribution in [2.24, 2.45) is 0 Å². The summed E-state index contributed by atoms with van der Waals surface area (Å²) in [5, 5.41) is 0. The van der Waals surface area contributed by atoms with Crippen LogP contribution in [0.3, 0.4) is 0 Å². The molecule has 1 aromatic carbocycles. The fraction of sp³-hybridized carbons (Fsp3) is 0.625. The highest BCUT2D eigenvalue weighted by Gasteiger charge is 2.53. The van der Waals surface area contributed by atoms with Crippen LogP contribution in [0.2, 0.25) is 0 Å². The lowest BCUT2D eigenvalue weighted by molar-refractivity contribution is 0.0850. The average Bonchev–Trinajstić information content (AvgIpc) is 3.31. The quantitative estimate of drug-likeness (QED) is 0.616. The molecule has 3 rings (SSSR count). The Balaban J connectivity index is 2.09. The maximum Gasteiger partial charge on any atom is 0.259 e. The first-order valence-electron chi connectivity index (χ1n) is 7.25. The van der Waals surface area contributed by atoms with Gasteiger partial charge in [-0.2, -0.15) is 19.6 Å². The van der Waals surface area contributed by atoms with Crippen molar-refractivity contribution < 1.29 is 19.6 Å². The van der Waals surface area contributed by atoms with Crippen molar-refractivity contribution in [3.63, 3.8) is 0 Å². The van der Waals surface area contributed by atoms with Gasteiger partial charge in [0, 0.05) is 24.0 Å². The van der Waals surface area contributed by atoms with Crippen LogP contribution in [0.1, 0.15) is 64.2 Å². The molecule has 4 nitrogen and oxygen atoms in total. The highest BCUT2D eigenvalue weighted by Crippen LogP contribution is 2.49. The van der Waals surface area contributed by atoms with Crippen LogP contribution in [0, 0.1) is 0 Å². The first-order chi connectivity index (χ1) is 9.35. The standard InChI is InChI=1S/C16H22O4/c1-6-15(17-18-15)12-8-11(14(3,4)5)9-13(10-12)16(7-2)19-20-16/h8-10H,6-7H2,1-5H3. The molecule has 0 unspecified atom stereocenters. The predicted octanol–water partition coefficient (Wildman–Crippen LogP) is 4.03. The van der Waals surface area contributed by atoms with Crippen molar-refractivity contribution in [1.82, 2.24) is 0 Å². The van der Waals surface area contributed by atoms with E-state index in [9.17, 15) is 0 Å². The Hall–Kier alpha value is -0.940. The van der Waals surface area contributed by atoms with E-state index >= 15 is 0 Å². The van der Waals surface area contributed by atoms with Gasteiger partial charge in [0.15, 0.2) is 0 Å². The van der Waals surface area contributed by atoms with Gasteiger partial charge in [-0.15, -0.1) is 0 Å². The zero-order chi connectivity index (χ0) is 14.6. The van der Waals surface area contributed by atoms with E-state index in [1.807, 2.05) is 0 Å². The van der Waals surface area contributed by atoms with E-state index in [4.69, 9.17) is 19.6 Å². The molecule has 0 atom stereocenters. The summed E-state index contributed by atoms with van der Waals surface area (Å²) in [6.07, 6.45) is 1.56. The third-order valence-corrected chi connectivity index (χ3v) is 4.18. The average molecular weight is 278 g/mol. The molecule has 0 spiro atoms. The molecule has 2 aliphatic rings. The first-order valence-corrected chi connectivity index (χ1v) is 7.25. The lowest BCUT2D eigenvalue weighted by atomic mass is 9.82. The van der Waals surface area contributed by atoms with Crippen molar-refractivity contribution in [1.29, 1.82) is 0 Å². The summed E-state index contributed by atoms with van der Waals surface area (Å²) in [6.45, 7) is 10.7. The van der Waals surface area contributed by atoms with Gasteiger partial charge in [0.1, 0.15) is 0 Å². The number of hydrogen-bond donors (Lipinski definition) is 0. The second-order valence-electron chi connectivity index (χ2n) is 6.60. The van der Waals surface area contributed by atoms with Gasteiger partial charge in [-0.25, -0.2) is 0 Å². The van der Waals surface area contributed by atoms with Crippen LogP contribution >= 0.6 is 0 Å². The van der Waals surface area contributed by atoms with Crippen molar-refractivity contribution in [3.05, 3.63) is 34.9 Å². The Kier molecular flexibility index (Phi) is 3.00. The van der Waals surface area contributed by atoms with E-state index < -0.39 is 11.6 Å². The number of benzene rings is 1. The Bertz CT molecular complexity index is 484. The lowest BCUT2D eigenvalue weighted by Gasteiger charge is -2.22. The van der Waals surface area contributed by atoms with Gasteiger partial charge in [0.05, 0.1) is 0 Å². The largest absolute Gasteiger partial charge is 0.259 e. The van der Waals surface area contributed by atoms with Crippen LogP contribution in [-0.4, -0.2) is 0 Å². The Morgan fingerprint density at radius 2 is 1.20 bits per heavy atom. The van der Waals surface area contributed by atoms with Crippen LogP contribution in [0.4, 0.5) is 0 Å². The van der Waals surface area contributed by atoms with Crippen molar-refractivity contribution in [3.8, 4) is 0 Å². The van der Waals surface area contributed by atoms with E-state index in [0.717, 1.165) is 24.0 Å². The molecule has 2 heterocycles. The number of rotatable bonds is 4. The summed E-state index contributed by atoms with van der Waals surface area (Å²) in [5.74, 6) is -1.17. The molecule has 0 radical (unpaired) electrons. The summed E-state index contributed by atoms with van der Waals surface area (Å²) < 4.78 is 0. The third-order valence-electron chi connectivity index (χ3n) is 4.18. The molecule has 110 valence electrons. The minimum atomic E-state index is -0.584. The molecule has 20 heavy (non-hydrogen) atoms. The van der Waals surface area contributed by atoms with E-state index in [-0.39, 0.29) is 5.41 Å². The smallest absolute Gasteiger partial charge is 0.189 e. The third kappa shape index (κ3) is 2.17. The highest BCUT2D eigenvalue weighted by molar-refractivity contribution is 5.39. The minimum absolute atomic E-state index is 0.0401. The minimum Gasteiger partial charge on any atom is -0.189 e. The molecular weight excluding hydrogens is 256 g/mol. The van der Waals surface area contributed by atoms with Crippen LogP contribution in [0.15, 0.2) is 18.2 Å². The topological polar surface area (TPSA) is 50.1 Å². The van der Waals surface area contributed by atoms with Gasteiger partial charge < -0.3 is 0 Å². The van der Waals surface area contributed by atoms with Crippen LogP contribution < -0.4 is 0 Å². The van der Waals surface area contributed by atoms with Crippen LogP contribution in [0.25, 0.3) is 0 Å². The molecule has 0 saturated carbocycles. The zero-order valence-electron chi connectivity index (χ0n) is 12.8. The monoisotopic (exact) mass is 278 g/mol. The normalized spacial score (nSPS) is 22.6. The van der Waals surface area contributed by atoms with Crippen LogP contribution in [-0.2, 0) is 36.5 Å². The maximum absolute atomic E-state index is 5.24. The maximum atomic E-state index is 5.24. The molecular formula is C16H22O4. The van der Waals surface area contributed by atoms with Crippen LogP contribution in [0.5, 0.6) is 0 Å². The van der Waals surface area contributed by atoms with Crippen molar-refractivity contribution in [2.75, 3.05) is 0 Å².